The number of carbonyl (C=O) groups excluding carboxylic acids is 2. The number of rotatable bonds is 3. The molecule has 5 rings (SSSR count). The van der Waals surface area contributed by atoms with Crippen LogP contribution in [0.3, 0.4) is 0 Å². The maximum atomic E-state index is 13.7. The van der Waals surface area contributed by atoms with Gasteiger partial charge in [0.1, 0.15) is 22.1 Å². The van der Waals surface area contributed by atoms with Gasteiger partial charge in [-0.15, -0.1) is 0 Å². The number of allylic oxidation sites excluding steroid dienone is 1. The number of nitrogens with zero attached hydrogens (tertiary/aromatic N) is 2. The first-order valence-electron chi connectivity index (χ1n) is 11.9. The number of aliphatic hydroxyl groups is 1. The molecule has 1 spiro atoms. The van der Waals surface area contributed by atoms with E-state index in [4.69, 9.17) is 25.8 Å². The lowest BCUT2D eigenvalue weighted by Crippen LogP contribution is -2.69. The van der Waals surface area contributed by atoms with Crippen LogP contribution in [0.4, 0.5) is 0 Å². The van der Waals surface area contributed by atoms with E-state index in [-0.39, 0.29) is 32.9 Å². The Morgan fingerprint density at radius 3 is 2.23 bits per heavy atom. The van der Waals surface area contributed by atoms with Crippen molar-refractivity contribution in [2.75, 3.05) is 47.4 Å². The van der Waals surface area contributed by atoms with E-state index in [0.29, 0.717) is 25.3 Å². The second kappa shape index (κ2) is 7.85. The van der Waals surface area contributed by atoms with Crippen molar-refractivity contribution in [3.05, 3.63) is 28.4 Å². The van der Waals surface area contributed by atoms with Gasteiger partial charge in [0.15, 0.2) is 5.75 Å². The lowest BCUT2D eigenvalue weighted by Gasteiger charge is -2.60. The zero-order valence-electron chi connectivity index (χ0n) is 21.1. The first-order valence-corrected chi connectivity index (χ1v) is 12.3. The van der Waals surface area contributed by atoms with E-state index in [0.717, 1.165) is 18.8 Å². The molecule has 190 valence electrons. The highest BCUT2D eigenvalue weighted by molar-refractivity contribution is 6.36. The van der Waals surface area contributed by atoms with E-state index in [9.17, 15) is 14.7 Å². The van der Waals surface area contributed by atoms with Gasteiger partial charge in [0.2, 0.25) is 17.2 Å². The average Bonchev–Trinajstić information content (AvgIpc) is 3.09. The molecular weight excluding hydrogens is 472 g/mol. The maximum absolute atomic E-state index is 13.7. The quantitative estimate of drug-likeness (QED) is 0.629. The Balaban J connectivity index is 1.51. The van der Waals surface area contributed by atoms with Gasteiger partial charge in [0.25, 0.3) is 0 Å². The first-order chi connectivity index (χ1) is 16.4. The lowest BCUT2D eigenvalue weighted by molar-refractivity contribution is -0.165. The number of Topliss-reactive ketones (excluding diaryl/α,β-unsaturated/α-hetero) is 1. The van der Waals surface area contributed by atoms with Crippen molar-refractivity contribution in [2.45, 2.75) is 38.9 Å². The van der Waals surface area contributed by atoms with Crippen molar-refractivity contribution in [3.63, 3.8) is 0 Å². The fraction of sp³-hybridized carbons (Fsp3) is 0.615. The average molecular weight is 505 g/mol. The number of halogens is 1. The zero-order valence-corrected chi connectivity index (χ0v) is 21.9. The van der Waals surface area contributed by atoms with Gasteiger partial charge in [-0.25, -0.2) is 0 Å². The highest BCUT2D eigenvalue weighted by Gasteiger charge is 2.61. The summed E-state index contributed by atoms with van der Waals surface area (Å²) < 4.78 is 16.9. The molecule has 1 aliphatic carbocycles. The van der Waals surface area contributed by atoms with Crippen molar-refractivity contribution < 1.29 is 28.9 Å². The molecule has 1 N–H and O–H groups in total. The molecule has 1 aromatic carbocycles. The molecule has 2 saturated heterocycles. The van der Waals surface area contributed by atoms with E-state index in [1.165, 1.54) is 20.3 Å². The number of fused-ring (bicyclic) bond motifs is 3. The summed E-state index contributed by atoms with van der Waals surface area (Å²) in [6.45, 7) is 8.91. The van der Waals surface area contributed by atoms with E-state index < -0.39 is 29.2 Å². The summed E-state index contributed by atoms with van der Waals surface area (Å²) in [7, 11) is 5.00. The second-order valence-electron chi connectivity index (χ2n) is 11.3. The number of hydrogen-bond donors (Lipinski definition) is 1. The Hall–Kier alpha value is -2.29. The fourth-order valence-electron chi connectivity index (χ4n) is 7.03. The molecule has 8 nitrogen and oxygen atoms in total. The molecule has 1 aromatic rings. The Morgan fingerprint density at radius 2 is 1.69 bits per heavy atom. The molecule has 0 aromatic heterocycles. The van der Waals surface area contributed by atoms with Gasteiger partial charge in [-0.05, 0) is 13.5 Å². The Morgan fingerprint density at radius 1 is 1.09 bits per heavy atom. The van der Waals surface area contributed by atoms with Gasteiger partial charge in [-0.3, -0.25) is 9.59 Å². The number of methoxy groups -OCH3 is 2. The van der Waals surface area contributed by atoms with Crippen LogP contribution < -0.4 is 14.2 Å². The van der Waals surface area contributed by atoms with Crippen LogP contribution in [-0.4, -0.2) is 85.6 Å². The highest BCUT2D eigenvalue weighted by atomic mass is 35.5. The maximum Gasteiger partial charge on any atom is 0.236 e. The molecule has 2 bridgehead atoms. The number of benzene rings is 1. The standard InChI is InChI=1S/C26H33ClN2O6/c1-14-7-15(29-12-24(2)10-28(4)11-25(3,13-29)23(24)32)8-18(30)26(14)22(31)19-16(33-5)9-17(34-6)20(27)21(19)35-26/h8-9,14,23,32H,7,10-13H2,1-6H3. The van der Waals surface area contributed by atoms with Gasteiger partial charge in [0, 0.05) is 60.8 Å². The number of carbonyl (C=O) groups is 2. The summed E-state index contributed by atoms with van der Waals surface area (Å²) in [5.74, 6) is -0.563. The Labute approximate surface area is 210 Å². The monoisotopic (exact) mass is 504 g/mol. The third-order valence-corrected chi connectivity index (χ3v) is 8.74. The SMILES string of the molecule is COc1cc(OC)c2c(c1Cl)OC1(C(=O)C=C(N3CC4(C)CN(C)CC(C)(C3)C4O)CC1C)C2=O. The minimum Gasteiger partial charge on any atom is -0.496 e. The zero-order chi connectivity index (χ0) is 25.5. The number of likely N-dealkylation sites (tertiary alicyclic amines) is 2. The van der Waals surface area contributed by atoms with Crippen molar-refractivity contribution in [2.24, 2.45) is 16.7 Å². The molecule has 4 aliphatic rings. The van der Waals surface area contributed by atoms with Gasteiger partial charge < -0.3 is 29.1 Å². The fourth-order valence-corrected chi connectivity index (χ4v) is 7.30. The third kappa shape index (κ3) is 3.26. The molecular formula is C26H33ClN2O6. The van der Waals surface area contributed by atoms with E-state index >= 15 is 0 Å². The van der Waals surface area contributed by atoms with Gasteiger partial charge in [-0.1, -0.05) is 32.4 Å². The smallest absolute Gasteiger partial charge is 0.236 e. The number of ether oxygens (including phenoxy) is 3. The molecule has 0 radical (unpaired) electrons. The highest BCUT2D eigenvalue weighted by Crippen LogP contribution is 2.54. The summed E-state index contributed by atoms with van der Waals surface area (Å²) in [6, 6.07) is 1.54. The summed E-state index contributed by atoms with van der Waals surface area (Å²) in [6.07, 6.45) is 1.62. The van der Waals surface area contributed by atoms with Crippen LogP contribution in [0.5, 0.6) is 17.2 Å². The molecule has 35 heavy (non-hydrogen) atoms. The molecule has 9 heteroatoms. The molecule has 3 aliphatic heterocycles. The van der Waals surface area contributed by atoms with Crippen LogP contribution in [0.1, 0.15) is 37.6 Å². The van der Waals surface area contributed by atoms with Crippen LogP contribution in [0.15, 0.2) is 17.8 Å². The predicted molar refractivity (Wildman–Crippen MR) is 130 cm³/mol. The molecule has 4 unspecified atom stereocenters. The van der Waals surface area contributed by atoms with Crippen LogP contribution in [0, 0.1) is 16.7 Å². The van der Waals surface area contributed by atoms with Crippen LogP contribution in [-0.2, 0) is 4.79 Å². The van der Waals surface area contributed by atoms with Crippen LogP contribution in [0.2, 0.25) is 5.02 Å². The first kappa shape index (κ1) is 24.4. The summed E-state index contributed by atoms with van der Waals surface area (Å²) >= 11 is 6.49. The summed E-state index contributed by atoms with van der Waals surface area (Å²) in [5, 5.41) is 11.3. The number of hydrogen-bond acceptors (Lipinski definition) is 8. The van der Waals surface area contributed by atoms with Crippen molar-refractivity contribution in [1.29, 1.82) is 0 Å². The van der Waals surface area contributed by atoms with Gasteiger partial charge in [-0.2, -0.15) is 0 Å². The largest absolute Gasteiger partial charge is 0.496 e. The molecule has 0 amide bonds. The van der Waals surface area contributed by atoms with Gasteiger partial charge >= 0.3 is 0 Å². The molecule has 0 saturated carbocycles. The second-order valence-corrected chi connectivity index (χ2v) is 11.7. The summed E-state index contributed by atoms with van der Waals surface area (Å²) in [4.78, 5) is 32.0. The van der Waals surface area contributed by atoms with Crippen LogP contribution in [0.25, 0.3) is 0 Å². The van der Waals surface area contributed by atoms with Crippen molar-refractivity contribution in [1.82, 2.24) is 9.80 Å². The van der Waals surface area contributed by atoms with E-state index in [1.807, 2.05) is 6.92 Å². The molecule has 2 fully saturated rings. The van der Waals surface area contributed by atoms with Crippen molar-refractivity contribution >= 4 is 23.2 Å². The Kier molecular flexibility index (Phi) is 5.48. The van der Waals surface area contributed by atoms with E-state index in [1.54, 1.807) is 6.08 Å². The van der Waals surface area contributed by atoms with Crippen molar-refractivity contribution in [3.8, 4) is 17.2 Å². The molecule has 3 heterocycles. The lowest BCUT2D eigenvalue weighted by atomic mass is 9.62. The normalized spacial score (nSPS) is 36.7. The minimum atomic E-state index is -1.69. The van der Waals surface area contributed by atoms with E-state index in [2.05, 4.69) is 30.7 Å². The predicted octanol–water partition coefficient (Wildman–Crippen LogP) is 2.80. The van der Waals surface area contributed by atoms with Gasteiger partial charge in [0.05, 0.1) is 20.3 Å². The number of ketones is 2. The number of piperidine rings is 2. The third-order valence-electron chi connectivity index (χ3n) is 8.38. The summed E-state index contributed by atoms with van der Waals surface area (Å²) in [5.41, 5.74) is -1.28. The number of aliphatic hydroxyl groups excluding tert-OH is 1. The minimum absolute atomic E-state index is 0.128. The molecule has 4 atom stereocenters. The topological polar surface area (TPSA) is 88.5 Å². The van der Waals surface area contributed by atoms with Crippen LogP contribution >= 0.6 is 11.6 Å². The Bertz CT molecular complexity index is 1130.